The fourth-order valence-corrected chi connectivity index (χ4v) is 1.76. The fourth-order valence-electron chi connectivity index (χ4n) is 1.22. The lowest BCUT2D eigenvalue weighted by atomic mass is 10.1. The molecule has 1 rings (SSSR count). The molecule has 1 amide bonds. The van der Waals surface area contributed by atoms with Gasteiger partial charge in [0.25, 0.3) is 5.91 Å². The van der Waals surface area contributed by atoms with Gasteiger partial charge in [0.05, 0.1) is 11.6 Å². The van der Waals surface area contributed by atoms with E-state index in [1.165, 1.54) is 0 Å². The maximum Gasteiger partial charge on any atom is 0.251 e. The lowest BCUT2D eigenvalue weighted by Crippen LogP contribution is -2.40. The first kappa shape index (κ1) is 13.0. The van der Waals surface area contributed by atoms with Gasteiger partial charge in [0.1, 0.15) is 5.75 Å². The van der Waals surface area contributed by atoms with Crippen LogP contribution >= 0.6 is 15.9 Å². The number of nitrogens with one attached hydrogen (secondary N) is 1. The molecule has 0 aliphatic carbocycles. The van der Waals surface area contributed by atoms with Crippen molar-refractivity contribution in [3.05, 3.63) is 28.2 Å². The van der Waals surface area contributed by atoms with Crippen LogP contribution in [-0.4, -0.2) is 18.6 Å². The Morgan fingerprint density at radius 2 is 2.00 bits per heavy atom. The zero-order valence-corrected chi connectivity index (χ0v) is 11.5. The van der Waals surface area contributed by atoms with Crippen molar-refractivity contribution in [2.45, 2.75) is 26.3 Å². The van der Waals surface area contributed by atoms with E-state index in [0.717, 1.165) is 4.47 Å². The van der Waals surface area contributed by atoms with Gasteiger partial charge < -0.3 is 10.1 Å². The minimum absolute atomic E-state index is 0.0872. The molecule has 0 saturated heterocycles. The summed E-state index contributed by atoms with van der Waals surface area (Å²) in [5.41, 5.74) is 0.381. The summed E-state index contributed by atoms with van der Waals surface area (Å²) in [6.45, 7) is 5.84. The molecule has 0 aliphatic rings. The van der Waals surface area contributed by atoms with Crippen LogP contribution in [0.25, 0.3) is 0 Å². The Morgan fingerprint density at radius 1 is 1.38 bits per heavy atom. The number of amides is 1. The molecule has 16 heavy (non-hydrogen) atoms. The summed E-state index contributed by atoms with van der Waals surface area (Å²) in [4.78, 5) is 11.8. The maximum atomic E-state index is 11.8. The molecular weight excluding hydrogens is 270 g/mol. The Bertz CT molecular complexity index is 396. The minimum Gasteiger partial charge on any atom is -0.496 e. The Labute approximate surface area is 104 Å². The van der Waals surface area contributed by atoms with Gasteiger partial charge >= 0.3 is 0 Å². The van der Waals surface area contributed by atoms with Crippen molar-refractivity contribution in [1.82, 2.24) is 5.32 Å². The number of rotatable bonds is 2. The highest BCUT2D eigenvalue weighted by Crippen LogP contribution is 2.25. The zero-order valence-electron chi connectivity index (χ0n) is 9.93. The van der Waals surface area contributed by atoms with Crippen molar-refractivity contribution in [2.24, 2.45) is 0 Å². The number of halogens is 1. The van der Waals surface area contributed by atoms with E-state index in [1.54, 1.807) is 25.3 Å². The van der Waals surface area contributed by atoms with E-state index in [-0.39, 0.29) is 11.4 Å². The van der Waals surface area contributed by atoms with Crippen LogP contribution in [0.4, 0.5) is 0 Å². The zero-order chi connectivity index (χ0) is 12.3. The molecule has 0 radical (unpaired) electrons. The first-order valence-electron chi connectivity index (χ1n) is 4.99. The second-order valence-electron chi connectivity index (χ2n) is 4.55. The summed E-state index contributed by atoms with van der Waals surface area (Å²) in [7, 11) is 1.59. The van der Waals surface area contributed by atoms with Crippen molar-refractivity contribution < 1.29 is 9.53 Å². The number of carbonyl (C=O) groups excluding carboxylic acids is 1. The van der Waals surface area contributed by atoms with Crippen LogP contribution in [0.2, 0.25) is 0 Å². The van der Waals surface area contributed by atoms with Gasteiger partial charge in [0, 0.05) is 11.1 Å². The van der Waals surface area contributed by atoms with Crippen LogP contribution in [-0.2, 0) is 0 Å². The van der Waals surface area contributed by atoms with Crippen LogP contribution in [0, 0.1) is 0 Å². The Morgan fingerprint density at radius 3 is 2.44 bits per heavy atom. The SMILES string of the molecule is COc1ccc(C(=O)NC(C)(C)C)cc1Br. The summed E-state index contributed by atoms with van der Waals surface area (Å²) in [5, 5.41) is 2.90. The molecule has 0 aromatic heterocycles. The molecular formula is C12H16BrNO2. The summed E-state index contributed by atoms with van der Waals surface area (Å²) in [6, 6.07) is 5.26. The van der Waals surface area contributed by atoms with E-state index in [1.807, 2.05) is 20.8 Å². The van der Waals surface area contributed by atoms with Gasteiger partial charge in [-0.25, -0.2) is 0 Å². The average Bonchev–Trinajstić information content (AvgIpc) is 2.15. The highest BCUT2D eigenvalue weighted by atomic mass is 79.9. The van der Waals surface area contributed by atoms with Crippen molar-refractivity contribution in [1.29, 1.82) is 0 Å². The highest BCUT2D eigenvalue weighted by Gasteiger charge is 2.15. The molecule has 1 aromatic rings. The van der Waals surface area contributed by atoms with Gasteiger partial charge in [-0.1, -0.05) is 0 Å². The van der Waals surface area contributed by atoms with Gasteiger partial charge in [-0.2, -0.15) is 0 Å². The summed E-state index contributed by atoms with van der Waals surface area (Å²) < 4.78 is 5.88. The van der Waals surface area contributed by atoms with E-state index in [9.17, 15) is 4.79 Å². The molecule has 1 N–H and O–H groups in total. The van der Waals surface area contributed by atoms with Crippen LogP contribution in [0.5, 0.6) is 5.75 Å². The molecule has 0 aliphatic heterocycles. The molecule has 0 bridgehead atoms. The van der Waals surface area contributed by atoms with E-state index in [2.05, 4.69) is 21.2 Å². The number of methoxy groups -OCH3 is 1. The second-order valence-corrected chi connectivity index (χ2v) is 5.41. The fraction of sp³-hybridized carbons (Fsp3) is 0.417. The quantitative estimate of drug-likeness (QED) is 0.907. The first-order valence-corrected chi connectivity index (χ1v) is 5.79. The van der Waals surface area contributed by atoms with Crippen molar-refractivity contribution >= 4 is 21.8 Å². The monoisotopic (exact) mass is 285 g/mol. The number of hydrogen-bond donors (Lipinski definition) is 1. The van der Waals surface area contributed by atoms with Crippen LogP contribution in [0.15, 0.2) is 22.7 Å². The predicted octanol–water partition coefficient (Wildman–Crippen LogP) is 2.99. The summed E-state index contributed by atoms with van der Waals surface area (Å²) in [6.07, 6.45) is 0. The van der Waals surface area contributed by atoms with Crippen molar-refractivity contribution in [3.8, 4) is 5.75 Å². The number of ether oxygens (including phenoxy) is 1. The number of carbonyl (C=O) groups is 1. The molecule has 4 heteroatoms. The minimum atomic E-state index is -0.233. The largest absolute Gasteiger partial charge is 0.496 e. The normalized spacial score (nSPS) is 11.1. The molecule has 0 atom stereocenters. The predicted molar refractivity (Wildman–Crippen MR) is 67.9 cm³/mol. The molecule has 0 saturated carbocycles. The van der Waals surface area contributed by atoms with Crippen LogP contribution in [0.3, 0.4) is 0 Å². The van der Waals surface area contributed by atoms with Crippen LogP contribution < -0.4 is 10.1 Å². The number of benzene rings is 1. The number of hydrogen-bond acceptors (Lipinski definition) is 2. The molecule has 0 unspecified atom stereocenters. The Hall–Kier alpha value is -1.03. The van der Waals surface area contributed by atoms with Crippen molar-refractivity contribution in [3.63, 3.8) is 0 Å². The van der Waals surface area contributed by atoms with Gasteiger partial charge in [0.15, 0.2) is 0 Å². The molecule has 0 heterocycles. The van der Waals surface area contributed by atoms with Crippen LogP contribution in [0.1, 0.15) is 31.1 Å². The van der Waals surface area contributed by atoms with E-state index in [0.29, 0.717) is 11.3 Å². The standard InChI is InChI=1S/C12H16BrNO2/c1-12(2,3)14-11(15)8-5-6-10(16-4)9(13)7-8/h5-7H,1-4H3,(H,14,15). The van der Waals surface area contributed by atoms with E-state index in [4.69, 9.17) is 4.74 Å². The molecule has 0 spiro atoms. The van der Waals surface area contributed by atoms with E-state index >= 15 is 0 Å². The molecule has 88 valence electrons. The lowest BCUT2D eigenvalue weighted by Gasteiger charge is -2.20. The third-order valence-corrected chi connectivity index (χ3v) is 2.52. The molecule has 3 nitrogen and oxygen atoms in total. The van der Waals surface area contributed by atoms with Gasteiger partial charge in [0.2, 0.25) is 0 Å². The third-order valence-electron chi connectivity index (χ3n) is 1.90. The van der Waals surface area contributed by atoms with Gasteiger partial charge in [-0.05, 0) is 54.9 Å². The topological polar surface area (TPSA) is 38.3 Å². The van der Waals surface area contributed by atoms with E-state index < -0.39 is 0 Å². The first-order chi connectivity index (χ1) is 7.33. The van der Waals surface area contributed by atoms with Gasteiger partial charge in [-0.3, -0.25) is 4.79 Å². The average molecular weight is 286 g/mol. The summed E-state index contributed by atoms with van der Waals surface area (Å²) >= 11 is 3.35. The smallest absolute Gasteiger partial charge is 0.251 e. The Kier molecular flexibility index (Phi) is 3.97. The maximum absolute atomic E-state index is 11.8. The van der Waals surface area contributed by atoms with Crippen molar-refractivity contribution in [2.75, 3.05) is 7.11 Å². The van der Waals surface area contributed by atoms with Gasteiger partial charge in [-0.15, -0.1) is 0 Å². The summed E-state index contributed by atoms with van der Waals surface area (Å²) in [5.74, 6) is 0.628. The Balaban J connectivity index is 2.89. The lowest BCUT2D eigenvalue weighted by molar-refractivity contribution is 0.0919. The second kappa shape index (κ2) is 4.87. The highest BCUT2D eigenvalue weighted by molar-refractivity contribution is 9.10. The molecule has 1 aromatic carbocycles. The molecule has 0 fully saturated rings. The third kappa shape index (κ3) is 3.52.